The maximum Gasteiger partial charge on any atom is 0.338 e. The predicted octanol–water partition coefficient (Wildman–Crippen LogP) is 3.75. The van der Waals surface area contributed by atoms with Crippen LogP contribution in [0.5, 0.6) is 0 Å². The molecular formula is C18H25NO2. The molecule has 1 aromatic rings. The molecule has 0 saturated carbocycles. The van der Waals surface area contributed by atoms with E-state index in [0.717, 1.165) is 19.5 Å². The third-order valence-electron chi connectivity index (χ3n) is 3.89. The molecule has 0 aliphatic carbocycles. The molecule has 0 amide bonds. The number of hydrogen-bond acceptors (Lipinski definition) is 3. The van der Waals surface area contributed by atoms with Gasteiger partial charge in [-0.1, -0.05) is 31.6 Å². The summed E-state index contributed by atoms with van der Waals surface area (Å²) in [5.74, 6) is -0.243. The molecule has 1 aromatic carbocycles. The van der Waals surface area contributed by atoms with Crippen LogP contribution in [0.2, 0.25) is 0 Å². The number of carbonyl (C=O) groups excluding carboxylic acids is 1. The van der Waals surface area contributed by atoms with E-state index in [2.05, 4.69) is 17.9 Å². The van der Waals surface area contributed by atoms with Crippen molar-refractivity contribution in [2.45, 2.75) is 33.1 Å². The van der Waals surface area contributed by atoms with Gasteiger partial charge in [-0.3, -0.25) is 4.90 Å². The summed E-state index contributed by atoms with van der Waals surface area (Å²) in [6, 6.07) is 7.77. The van der Waals surface area contributed by atoms with Gasteiger partial charge in [0.2, 0.25) is 0 Å². The number of ether oxygens (including phenoxy) is 1. The normalized spacial score (nSPS) is 15.6. The average molecular weight is 287 g/mol. The molecule has 1 aliphatic rings. The number of carbonyl (C=O) groups is 1. The Balaban J connectivity index is 1.97. The van der Waals surface area contributed by atoms with Gasteiger partial charge in [-0.25, -0.2) is 4.79 Å². The van der Waals surface area contributed by atoms with Gasteiger partial charge >= 0.3 is 5.97 Å². The van der Waals surface area contributed by atoms with Gasteiger partial charge < -0.3 is 4.74 Å². The van der Waals surface area contributed by atoms with Gasteiger partial charge in [-0.15, -0.1) is 0 Å². The standard InChI is InChI=1S/C18H25NO2/c1-3-5-12-19-13-10-16(11-14-19)15-6-8-17(9-7-15)18(20)21-4-2/h6-10H,3-5,11-14H2,1-2H3. The monoisotopic (exact) mass is 287 g/mol. The summed E-state index contributed by atoms with van der Waals surface area (Å²) in [6.07, 6.45) is 5.93. The molecule has 1 heterocycles. The van der Waals surface area contributed by atoms with E-state index in [4.69, 9.17) is 4.74 Å². The molecule has 0 saturated heterocycles. The fourth-order valence-electron chi connectivity index (χ4n) is 2.59. The Morgan fingerprint density at radius 3 is 2.57 bits per heavy atom. The summed E-state index contributed by atoms with van der Waals surface area (Å²) >= 11 is 0. The first-order valence-electron chi connectivity index (χ1n) is 7.93. The van der Waals surface area contributed by atoms with E-state index in [-0.39, 0.29) is 5.97 Å². The molecule has 0 N–H and O–H groups in total. The van der Waals surface area contributed by atoms with E-state index >= 15 is 0 Å². The fourth-order valence-corrected chi connectivity index (χ4v) is 2.59. The summed E-state index contributed by atoms with van der Waals surface area (Å²) in [4.78, 5) is 14.1. The van der Waals surface area contributed by atoms with Crippen molar-refractivity contribution in [3.8, 4) is 0 Å². The minimum atomic E-state index is -0.243. The quantitative estimate of drug-likeness (QED) is 0.746. The zero-order valence-corrected chi connectivity index (χ0v) is 13.1. The molecule has 2 rings (SSSR count). The molecule has 0 unspecified atom stereocenters. The van der Waals surface area contributed by atoms with Gasteiger partial charge in [0.05, 0.1) is 12.2 Å². The number of hydrogen-bond donors (Lipinski definition) is 0. The Kier molecular flexibility index (Phi) is 6.00. The summed E-state index contributed by atoms with van der Waals surface area (Å²) in [7, 11) is 0. The van der Waals surface area contributed by atoms with Gasteiger partial charge in [0.25, 0.3) is 0 Å². The largest absolute Gasteiger partial charge is 0.462 e. The van der Waals surface area contributed by atoms with Crippen LogP contribution in [0.1, 0.15) is 49.0 Å². The zero-order valence-electron chi connectivity index (χ0n) is 13.1. The molecule has 0 spiro atoms. The third kappa shape index (κ3) is 4.43. The molecule has 21 heavy (non-hydrogen) atoms. The highest BCUT2D eigenvalue weighted by molar-refractivity contribution is 5.89. The van der Waals surface area contributed by atoms with Crippen LogP contribution in [-0.2, 0) is 4.74 Å². The van der Waals surface area contributed by atoms with Crippen molar-refractivity contribution in [1.82, 2.24) is 4.90 Å². The maximum atomic E-state index is 11.6. The first-order chi connectivity index (χ1) is 10.2. The van der Waals surface area contributed by atoms with Gasteiger partial charge in [0.1, 0.15) is 0 Å². The van der Waals surface area contributed by atoms with Crippen LogP contribution in [0.4, 0.5) is 0 Å². The minimum Gasteiger partial charge on any atom is -0.462 e. The first-order valence-corrected chi connectivity index (χ1v) is 7.93. The van der Waals surface area contributed by atoms with E-state index in [1.165, 1.54) is 30.5 Å². The Morgan fingerprint density at radius 2 is 2.00 bits per heavy atom. The number of nitrogens with zero attached hydrogens (tertiary/aromatic N) is 1. The highest BCUT2D eigenvalue weighted by atomic mass is 16.5. The lowest BCUT2D eigenvalue weighted by molar-refractivity contribution is 0.0526. The van der Waals surface area contributed by atoms with Crippen LogP contribution >= 0.6 is 0 Å². The Labute approximate surface area is 127 Å². The van der Waals surface area contributed by atoms with Crippen molar-refractivity contribution in [3.05, 3.63) is 41.5 Å². The Bertz CT molecular complexity index is 490. The summed E-state index contributed by atoms with van der Waals surface area (Å²) in [5.41, 5.74) is 3.23. The molecule has 1 aliphatic heterocycles. The molecule has 0 radical (unpaired) electrons. The molecule has 0 aromatic heterocycles. The molecule has 0 bridgehead atoms. The topological polar surface area (TPSA) is 29.5 Å². The van der Waals surface area contributed by atoms with E-state index < -0.39 is 0 Å². The Hall–Kier alpha value is -1.61. The number of rotatable bonds is 6. The van der Waals surface area contributed by atoms with Gasteiger partial charge in [-0.2, -0.15) is 0 Å². The Morgan fingerprint density at radius 1 is 1.24 bits per heavy atom. The second-order valence-corrected chi connectivity index (χ2v) is 5.43. The van der Waals surface area contributed by atoms with Gasteiger partial charge in [0, 0.05) is 13.1 Å². The van der Waals surface area contributed by atoms with E-state index in [9.17, 15) is 4.79 Å². The van der Waals surface area contributed by atoms with Crippen molar-refractivity contribution in [1.29, 1.82) is 0 Å². The smallest absolute Gasteiger partial charge is 0.338 e. The van der Waals surface area contributed by atoms with Gasteiger partial charge in [0.15, 0.2) is 0 Å². The summed E-state index contributed by atoms with van der Waals surface area (Å²) in [5, 5.41) is 0. The van der Waals surface area contributed by atoms with Crippen molar-refractivity contribution in [2.24, 2.45) is 0 Å². The van der Waals surface area contributed by atoms with Crippen molar-refractivity contribution in [3.63, 3.8) is 0 Å². The predicted molar refractivity (Wildman–Crippen MR) is 86.3 cm³/mol. The number of esters is 1. The first kappa shape index (κ1) is 15.8. The lowest BCUT2D eigenvalue weighted by Crippen LogP contribution is -2.29. The van der Waals surface area contributed by atoms with Gasteiger partial charge in [-0.05, 0) is 49.6 Å². The SMILES string of the molecule is CCCCN1CC=C(c2ccc(C(=O)OCC)cc2)CC1. The van der Waals surface area contributed by atoms with Crippen molar-refractivity contribution in [2.75, 3.05) is 26.2 Å². The third-order valence-corrected chi connectivity index (χ3v) is 3.89. The summed E-state index contributed by atoms with van der Waals surface area (Å²) < 4.78 is 5.00. The highest BCUT2D eigenvalue weighted by Crippen LogP contribution is 2.23. The lowest BCUT2D eigenvalue weighted by atomic mass is 9.98. The maximum absolute atomic E-state index is 11.6. The average Bonchev–Trinajstić information content (AvgIpc) is 2.54. The summed E-state index contributed by atoms with van der Waals surface area (Å²) in [6.45, 7) is 7.83. The van der Waals surface area contributed by atoms with Crippen LogP contribution < -0.4 is 0 Å². The fraction of sp³-hybridized carbons (Fsp3) is 0.500. The molecule has 0 fully saturated rings. The number of unbranched alkanes of at least 4 members (excludes halogenated alkanes) is 1. The molecule has 114 valence electrons. The molecule has 0 atom stereocenters. The van der Waals surface area contributed by atoms with E-state index in [1.54, 1.807) is 0 Å². The van der Waals surface area contributed by atoms with E-state index in [1.807, 2.05) is 31.2 Å². The van der Waals surface area contributed by atoms with Crippen LogP contribution in [0, 0.1) is 0 Å². The van der Waals surface area contributed by atoms with Crippen LogP contribution in [0.3, 0.4) is 0 Å². The number of benzene rings is 1. The zero-order chi connectivity index (χ0) is 15.1. The van der Waals surface area contributed by atoms with Crippen LogP contribution in [-0.4, -0.2) is 37.1 Å². The minimum absolute atomic E-state index is 0.243. The molecule has 3 nitrogen and oxygen atoms in total. The van der Waals surface area contributed by atoms with Crippen LogP contribution in [0.25, 0.3) is 5.57 Å². The van der Waals surface area contributed by atoms with E-state index in [0.29, 0.717) is 12.2 Å². The van der Waals surface area contributed by atoms with Crippen LogP contribution in [0.15, 0.2) is 30.3 Å². The second-order valence-electron chi connectivity index (χ2n) is 5.43. The van der Waals surface area contributed by atoms with Crippen molar-refractivity contribution >= 4 is 11.5 Å². The van der Waals surface area contributed by atoms with Crippen molar-refractivity contribution < 1.29 is 9.53 Å². The molecular weight excluding hydrogens is 262 g/mol. The second kappa shape index (κ2) is 7.99. The lowest BCUT2D eigenvalue weighted by Gasteiger charge is -2.26. The highest BCUT2D eigenvalue weighted by Gasteiger charge is 2.13. The molecule has 3 heteroatoms.